The second-order valence-electron chi connectivity index (χ2n) is 1.56. The lowest BCUT2D eigenvalue weighted by Crippen LogP contribution is -1.97. The zero-order valence-corrected chi connectivity index (χ0v) is 4.69. The summed E-state index contributed by atoms with van der Waals surface area (Å²) < 4.78 is 1.35. The molecule has 4 heteroatoms. The van der Waals surface area contributed by atoms with Gasteiger partial charge in [0.1, 0.15) is 6.29 Å². The van der Waals surface area contributed by atoms with E-state index in [9.17, 15) is 4.79 Å². The quantitative estimate of drug-likeness (QED) is 0.558. The van der Waals surface area contributed by atoms with Gasteiger partial charge < -0.3 is 9.90 Å². The van der Waals surface area contributed by atoms with E-state index in [0.29, 0.717) is 6.29 Å². The van der Waals surface area contributed by atoms with Gasteiger partial charge in [-0.15, -0.1) is 5.10 Å². The third kappa shape index (κ3) is 1.28. The number of hydrogen-bond donors (Lipinski definition) is 1. The molecular weight excluding hydrogens is 120 g/mol. The molecule has 0 aromatic carbocycles. The Labute approximate surface area is 51.7 Å². The summed E-state index contributed by atoms with van der Waals surface area (Å²) in [5, 5.41) is 12.2. The van der Waals surface area contributed by atoms with Crippen molar-refractivity contribution in [3.8, 4) is 5.88 Å². The third-order valence-electron chi connectivity index (χ3n) is 0.888. The Kier molecular flexibility index (Phi) is 1.48. The number of aromatic nitrogens is 2. The zero-order chi connectivity index (χ0) is 6.69. The molecule has 1 aromatic heterocycles. The summed E-state index contributed by atoms with van der Waals surface area (Å²) >= 11 is 0. The fourth-order valence-electron chi connectivity index (χ4n) is 0.529. The molecule has 0 bridgehead atoms. The van der Waals surface area contributed by atoms with Crippen molar-refractivity contribution in [2.75, 3.05) is 0 Å². The molecule has 1 heterocycles. The highest BCUT2D eigenvalue weighted by atomic mass is 16.3. The lowest BCUT2D eigenvalue weighted by Gasteiger charge is -1.87. The average molecular weight is 126 g/mol. The molecule has 1 N–H and O–H groups in total. The van der Waals surface area contributed by atoms with E-state index in [4.69, 9.17) is 5.11 Å². The molecular formula is C5H6N2O2. The molecule has 0 aliphatic rings. The van der Waals surface area contributed by atoms with Crippen LogP contribution in [0.2, 0.25) is 0 Å². The maximum atomic E-state index is 9.84. The molecule has 0 aliphatic carbocycles. The van der Waals surface area contributed by atoms with E-state index in [1.54, 1.807) is 0 Å². The lowest BCUT2D eigenvalue weighted by atomic mass is 10.7. The van der Waals surface area contributed by atoms with Crippen LogP contribution in [-0.4, -0.2) is 21.2 Å². The standard InChI is InChI=1S/C5H6N2O2/c8-4-3-7-2-1-5(9)6-7/h1-2,4H,3H2,(H,6,9). The Hall–Kier alpha value is -1.32. The molecule has 0 saturated heterocycles. The topological polar surface area (TPSA) is 55.1 Å². The van der Waals surface area contributed by atoms with Gasteiger partial charge in [-0.2, -0.15) is 0 Å². The number of hydrogen-bond acceptors (Lipinski definition) is 3. The van der Waals surface area contributed by atoms with Gasteiger partial charge in [0.2, 0.25) is 5.88 Å². The van der Waals surface area contributed by atoms with E-state index in [-0.39, 0.29) is 12.4 Å². The van der Waals surface area contributed by atoms with E-state index < -0.39 is 0 Å². The minimum absolute atomic E-state index is 0.0585. The van der Waals surface area contributed by atoms with Crippen LogP contribution in [0.15, 0.2) is 12.3 Å². The molecule has 0 radical (unpaired) electrons. The number of carbonyl (C=O) groups excluding carboxylic acids is 1. The maximum Gasteiger partial charge on any atom is 0.230 e. The molecule has 4 nitrogen and oxygen atoms in total. The first-order chi connectivity index (χ1) is 4.33. The average Bonchev–Trinajstić information content (AvgIpc) is 2.17. The Morgan fingerprint density at radius 3 is 3.11 bits per heavy atom. The molecule has 9 heavy (non-hydrogen) atoms. The summed E-state index contributed by atoms with van der Waals surface area (Å²) in [4.78, 5) is 9.84. The van der Waals surface area contributed by atoms with Gasteiger partial charge in [-0.05, 0) is 0 Å². The zero-order valence-electron chi connectivity index (χ0n) is 4.69. The molecule has 0 atom stereocenters. The Morgan fingerprint density at radius 2 is 2.67 bits per heavy atom. The van der Waals surface area contributed by atoms with E-state index >= 15 is 0 Å². The van der Waals surface area contributed by atoms with Gasteiger partial charge in [0.25, 0.3) is 0 Å². The van der Waals surface area contributed by atoms with Crippen molar-refractivity contribution >= 4 is 6.29 Å². The number of carbonyl (C=O) groups is 1. The van der Waals surface area contributed by atoms with Crippen molar-refractivity contribution in [1.29, 1.82) is 0 Å². The second-order valence-corrected chi connectivity index (χ2v) is 1.56. The summed E-state index contributed by atoms with van der Waals surface area (Å²) in [6.07, 6.45) is 2.25. The first-order valence-corrected chi connectivity index (χ1v) is 2.49. The number of nitrogens with zero attached hydrogens (tertiary/aromatic N) is 2. The van der Waals surface area contributed by atoms with Gasteiger partial charge >= 0.3 is 0 Å². The van der Waals surface area contributed by atoms with Crippen LogP contribution in [0.5, 0.6) is 5.88 Å². The summed E-state index contributed by atoms with van der Waals surface area (Å²) in [6.45, 7) is 0.195. The van der Waals surface area contributed by atoms with Gasteiger partial charge in [0.05, 0.1) is 6.54 Å². The molecule has 1 rings (SSSR count). The van der Waals surface area contributed by atoms with Gasteiger partial charge in [0, 0.05) is 12.3 Å². The third-order valence-corrected chi connectivity index (χ3v) is 0.888. The van der Waals surface area contributed by atoms with Crippen molar-refractivity contribution in [3.63, 3.8) is 0 Å². The van der Waals surface area contributed by atoms with Crippen LogP contribution in [0.25, 0.3) is 0 Å². The molecule has 1 aromatic rings. The van der Waals surface area contributed by atoms with Crippen LogP contribution in [0, 0.1) is 0 Å². The fraction of sp³-hybridized carbons (Fsp3) is 0.200. The summed E-state index contributed by atoms with van der Waals surface area (Å²) in [5.74, 6) is -0.0585. The minimum Gasteiger partial charge on any atom is -0.492 e. The van der Waals surface area contributed by atoms with Crippen molar-refractivity contribution in [3.05, 3.63) is 12.3 Å². The summed E-state index contributed by atoms with van der Waals surface area (Å²) in [7, 11) is 0. The molecule has 0 unspecified atom stereocenters. The largest absolute Gasteiger partial charge is 0.492 e. The smallest absolute Gasteiger partial charge is 0.230 e. The Morgan fingerprint density at radius 1 is 1.89 bits per heavy atom. The molecule has 0 saturated carbocycles. The SMILES string of the molecule is O=CCn1ccc(O)n1. The molecule has 0 aliphatic heterocycles. The number of rotatable bonds is 2. The molecule has 0 spiro atoms. The van der Waals surface area contributed by atoms with Crippen LogP contribution in [0.4, 0.5) is 0 Å². The monoisotopic (exact) mass is 126 g/mol. The van der Waals surface area contributed by atoms with Crippen LogP contribution in [0.1, 0.15) is 0 Å². The lowest BCUT2D eigenvalue weighted by molar-refractivity contribution is -0.108. The van der Waals surface area contributed by atoms with Crippen molar-refractivity contribution in [2.24, 2.45) is 0 Å². The van der Waals surface area contributed by atoms with E-state index in [1.165, 1.54) is 16.9 Å². The molecule has 0 fully saturated rings. The summed E-state index contributed by atoms with van der Waals surface area (Å²) in [6, 6.07) is 1.42. The van der Waals surface area contributed by atoms with Gasteiger partial charge in [-0.25, -0.2) is 0 Å². The fourth-order valence-corrected chi connectivity index (χ4v) is 0.529. The highest BCUT2D eigenvalue weighted by Gasteiger charge is 1.91. The molecule has 0 amide bonds. The second kappa shape index (κ2) is 2.30. The van der Waals surface area contributed by atoms with Crippen molar-refractivity contribution in [2.45, 2.75) is 6.54 Å². The number of aldehydes is 1. The maximum absolute atomic E-state index is 9.84. The minimum atomic E-state index is -0.0585. The van der Waals surface area contributed by atoms with E-state index in [2.05, 4.69) is 5.10 Å². The first-order valence-electron chi connectivity index (χ1n) is 2.49. The van der Waals surface area contributed by atoms with Gasteiger partial charge in [-0.1, -0.05) is 0 Å². The molecule has 48 valence electrons. The first kappa shape index (κ1) is 5.81. The van der Waals surface area contributed by atoms with Gasteiger partial charge in [0.15, 0.2) is 0 Å². The van der Waals surface area contributed by atoms with E-state index in [1.807, 2.05) is 0 Å². The predicted molar refractivity (Wildman–Crippen MR) is 30.0 cm³/mol. The van der Waals surface area contributed by atoms with Crippen LogP contribution < -0.4 is 0 Å². The Balaban J connectivity index is 2.72. The summed E-state index contributed by atoms with van der Waals surface area (Å²) in [5.41, 5.74) is 0. The highest BCUT2D eigenvalue weighted by molar-refractivity contribution is 5.48. The van der Waals surface area contributed by atoms with Crippen molar-refractivity contribution in [1.82, 2.24) is 9.78 Å². The van der Waals surface area contributed by atoms with Crippen LogP contribution >= 0.6 is 0 Å². The van der Waals surface area contributed by atoms with Crippen molar-refractivity contribution < 1.29 is 9.90 Å². The van der Waals surface area contributed by atoms with E-state index in [0.717, 1.165) is 0 Å². The van der Waals surface area contributed by atoms with Crippen LogP contribution in [0.3, 0.4) is 0 Å². The predicted octanol–water partition coefficient (Wildman–Crippen LogP) is -0.212. The van der Waals surface area contributed by atoms with Gasteiger partial charge in [-0.3, -0.25) is 4.68 Å². The highest BCUT2D eigenvalue weighted by Crippen LogP contribution is 1.99. The number of aromatic hydroxyl groups is 1. The Bertz CT molecular complexity index is 206. The van der Waals surface area contributed by atoms with Crippen LogP contribution in [-0.2, 0) is 11.3 Å². The normalized spacial score (nSPS) is 9.33.